The fraction of sp³-hybridized carbons (Fsp3) is 0. The monoisotopic (exact) mass is 194 g/mol. The largest absolute Gasteiger partial charge is 0.493 e. The smallest absolute Gasteiger partial charge is 0.273 e. The van der Waals surface area contributed by atoms with Gasteiger partial charge in [-0.2, -0.15) is 9.69 Å². The number of aromatic hydroxyl groups is 2. The van der Waals surface area contributed by atoms with Crippen molar-refractivity contribution in [3.63, 3.8) is 0 Å². The number of hydrogen-bond donors (Lipinski definition) is 2. The summed E-state index contributed by atoms with van der Waals surface area (Å²) in [5.74, 6) is -1.99. The van der Waals surface area contributed by atoms with Gasteiger partial charge in [-0.1, -0.05) is 0 Å². The third-order valence-electron chi connectivity index (χ3n) is 1.80. The molecule has 0 saturated heterocycles. The number of carbonyl (C=O) groups is 2. The minimum absolute atomic E-state index is 0.382. The molecule has 1 aliphatic rings. The second-order valence-corrected chi connectivity index (χ2v) is 2.68. The van der Waals surface area contributed by atoms with E-state index in [-0.39, 0.29) is 11.8 Å². The Morgan fingerprint density at radius 3 is 1.79 bits per heavy atom. The van der Waals surface area contributed by atoms with E-state index in [4.69, 9.17) is 0 Å². The van der Waals surface area contributed by atoms with Gasteiger partial charge in [0.1, 0.15) is 0 Å². The molecule has 6 heteroatoms. The summed E-state index contributed by atoms with van der Waals surface area (Å²) in [6.45, 7) is 0. The van der Waals surface area contributed by atoms with Crippen molar-refractivity contribution < 1.29 is 19.8 Å². The topological polar surface area (TPSA) is 82.8 Å². The number of imide groups is 1. The maximum absolute atomic E-state index is 11.2. The summed E-state index contributed by atoms with van der Waals surface area (Å²) in [6.07, 6.45) is 2.11. The lowest BCUT2D eigenvalue weighted by atomic mass is 10.6. The molecule has 2 heterocycles. The minimum Gasteiger partial charge on any atom is -0.493 e. The maximum atomic E-state index is 11.2. The summed E-state index contributed by atoms with van der Waals surface area (Å²) in [5, 5.41) is 19.1. The molecule has 0 saturated carbocycles. The van der Waals surface area contributed by atoms with Gasteiger partial charge >= 0.3 is 0 Å². The average Bonchev–Trinajstić information content (AvgIpc) is 2.60. The van der Waals surface area contributed by atoms with Crippen LogP contribution < -0.4 is 5.01 Å². The van der Waals surface area contributed by atoms with Crippen molar-refractivity contribution in [3.05, 3.63) is 24.3 Å². The quantitative estimate of drug-likeness (QED) is 0.588. The first kappa shape index (κ1) is 8.36. The SMILES string of the molecule is O=C1C=CC(=O)N1n1c(O)ccc1O. The van der Waals surface area contributed by atoms with Crippen molar-refractivity contribution in [3.8, 4) is 11.8 Å². The van der Waals surface area contributed by atoms with Crippen molar-refractivity contribution in [2.24, 2.45) is 0 Å². The first-order valence-corrected chi connectivity index (χ1v) is 3.77. The van der Waals surface area contributed by atoms with Crippen LogP contribution in [0.1, 0.15) is 0 Å². The molecule has 6 nitrogen and oxygen atoms in total. The Hall–Kier alpha value is -2.24. The van der Waals surface area contributed by atoms with Gasteiger partial charge in [-0.05, 0) is 0 Å². The third-order valence-corrected chi connectivity index (χ3v) is 1.80. The molecule has 2 rings (SSSR count). The molecule has 2 amide bonds. The zero-order valence-electron chi connectivity index (χ0n) is 6.91. The first-order valence-electron chi connectivity index (χ1n) is 3.77. The molecule has 0 aromatic carbocycles. The van der Waals surface area contributed by atoms with Gasteiger partial charge in [0.25, 0.3) is 11.8 Å². The molecular formula is C8H6N2O4. The molecule has 0 bridgehead atoms. The summed E-state index contributed by atoms with van der Waals surface area (Å²) in [4.78, 5) is 22.3. The highest BCUT2D eigenvalue weighted by atomic mass is 16.3. The molecule has 0 radical (unpaired) electrons. The Kier molecular flexibility index (Phi) is 1.57. The van der Waals surface area contributed by atoms with Crippen molar-refractivity contribution in [2.45, 2.75) is 0 Å². The lowest BCUT2D eigenvalue weighted by Crippen LogP contribution is -2.39. The highest BCUT2D eigenvalue weighted by Crippen LogP contribution is 2.22. The Bertz CT molecular complexity index is 409. The zero-order chi connectivity index (χ0) is 10.3. The van der Waals surface area contributed by atoms with Crippen molar-refractivity contribution in [1.82, 2.24) is 4.68 Å². The van der Waals surface area contributed by atoms with Gasteiger partial charge in [-0.3, -0.25) is 9.59 Å². The van der Waals surface area contributed by atoms with Crippen LogP contribution in [-0.4, -0.2) is 26.7 Å². The van der Waals surface area contributed by atoms with Crippen LogP contribution in [0.15, 0.2) is 24.3 Å². The van der Waals surface area contributed by atoms with Crippen LogP contribution in [0.2, 0.25) is 0 Å². The predicted molar refractivity (Wildman–Crippen MR) is 45.1 cm³/mol. The standard InChI is InChI=1S/C8H6N2O4/c11-5-1-2-6(12)9(5)10-7(13)3-4-8(10)14/h1-4,11-12H. The number of rotatable bonds is 1. The Labute approximate surface area is 78.3 Å². The summed E-state index contributed by atoms with van der Waals surface area (Å²) in [5.41, 5.74) is 0. The Morgan fingerprint density at radius 2 is 1.36 bits per heavy atom. The van der Waals surface area contributed by atoms with Gasteiger partial charge in [0, 0.05) is 24.3 Å². The Balaban J connectivity index is 2.50. The van der Waals surface area contributed by atoms with Crippen LogP contribution in [0.3, 0.4) is 0 Å². The molecule has 72 valence electrons. The number of nitrogens with zero attached hydrogens (tertiary/aromatic N) is 2. The lowest BCUT2D eigenvalue weighted by molar-refractivity contribution is -0.122. The van der Waals surface area contributed by atoms with E-state index in [1.165, 1.54) is 12.1 Å². The fourth-order valence-corrected chi connectivity index (χ4v) is 1.20. The van der Waals surface area contributed by atoms with Crippen molar-refractivity contribution in [2.75, 3.05) is 5.01 Å². The van der Waals surface area contributed by atoms with Crippen molar-refractivity contribution >= 4 is 11.8 Å². The number of aromatic nitrogens is 1. The van der Waals surface area contributed by atoms with Crippen LogP contribution in [0, 0.1) is 0 Å². The normalized spacial score (nSPS) is 15.6. The van der Waals surface area contributed by atoms with Gasteiger partial charge in [-0.25, -0.2) is 0 Å². The molecule has 0 unspecified atom stereocenters. The first-order chi connectivity index (χ1) is 6.61. The van der Waals surface area contributed by atoms with E-state index < -0.39 is 11.8 Å². The molecule has 0 spiro atoms. The molecular weight excluding hydrogens is 188 g/mol. The van der Waals surface area contributed by atoms with E-state index in [9.17, 15) is 19.8 Å². The van der Waals surface area contributed by atoms with Crippen LogP contribution in [0.25, 0.3) is 0 Å². The lowest BCUT2D eigenvalue weighted by Gasteiger charge is -2.16. The summed E-state index contributed by atoms with van der Waals surface area (Å²) >= 11 is 0. The van der Waals surface area contributed by atoms with Gasteiger partial charge < -0.3 is 10.2 Å². The molecule has 0 fully saturated rings. The molecule has 2 N–H and O–H groups in total. The summed E-state index contributed by atoms with van der Waals surface area (Å²) < 4.78 is 0.727. The fourth-order valence-electron chi connectivity index (χ4n) is 1.20. The van der Waals surface area contributed by atoms with E-state index in [1.54, 1.807) is 0 Å². The summed E-state index contributed by atoms with van der Waals surface area (Å²) in [6, 6.07) is 2.35. The molecule has 14 heavy (non-hydrogen) atoms. The van der Waals surface area contributed by atoms with Gasteiger partial charge in [0.15, 0.2) is 0 Å². The number of hydrogen-bond acceptors (Lipinski definition) is 4. The van der Waals surface area contributed by atoms with Gasteiger partial charge in [-0.15, -0.1) is 0 Å². The Morgan fingerprint density at radius 1 is 0.929 bits per heavy atom. The van der Waals surface area contributed by atoms with E-state index in [2.05, 4.69) is 0 Å². The van der Waals surface area contributed by atoms with E-state index in [1.807, 2.05) is 0 Å². The van der Waals surface area contributed by atoms with E-state index in [0.29, 0.717) is 5.01 Å². The number of amides is 2. The minimum atomic E-state index is -0.614. The molecule has 0 atom stereocenters. The zero-order valence-corrected chi connectivity index (χ0v) is 6.91. The van der Waals surface area contributed by atoms with Crippen LogP contribution in [-0.2, 0) is 9.59 Å². The van der Waals surface area contributed by atoms with Crippen LogP contribution in [0.5, 0.6) is 11.8 Å². The second-order valence-electron chi connectivity index (χ2n) is 2.68. The molecule has 1 aliphatic heterocycles. The maximum Gasteiger partial charge on any atom is 0.273 e. The average molecular weight is 194 g/mol. The highest BCUT2D eigenvalue weighted by Gasteiger charge is 2.28. The van der Waals surface area contributed by atoms with E-state index in [0.717, 1.165) is 16.8 Å². The van der Waals surface area contributed by atoms with Crippen LogP contribution in [0.4, 0.5) is 0 Å². The van der Waals surface area contributed by atoms with E-state index >= 15 is 0 Å². The number of carbonyl (C=O) groups excluding carboxylic acids is 2. The third kappa shape index (κ3) is 0.972. The molecule has 0 aliphatic carbocycles. The summed E-state index contributed by atoms with van der Waals surface area (Å²) in [7, 11) is 0. The molecule has 1 aromatic heterocycles. The second kappa shape index (κ2) is 2.63. The van der Waals surface area contributed by atoms with Gasteiger partial charge in [0.05, 0.1) is 0 Å². The predicted octanol–water partition coefficient (Wildman–Crippen LogP) is -0.540. The molecule has 1 aromatic rings. The highest BCUT2D eigenvalue weighted by molar-refractivity contribution is 6.23. The van der Waals surface area contributed by atoms with Crippen molar-refractivity contribution in [1.29, 1.82) is 0 Å². The van der Waals surface area contributed by atoms with Gasteiger partial charge in [0.2, 0.25) is 11.8 Å². The van der Waals surface area contributed by atoms with Crippen LogP contribution >= 0.6 is 0 Å².